The molecule has 1 nitrogen and oxygen atoms in total. The van der Waals surface area contributed by atoms with Gasteiger partial charge in [0.1, 0.15) is 5.75 Å². The first kappa shape index (κ1) is 10.9. The summed E-state index contributed by atoms with van der Waals surface area (Å²) >= 11 is 2.92. The van der Waals surface area contributed by atoms with E-state index in [2.05, 4.69) is 26.6 Å². The summed E-state index contributed by atoms with van der Waals surface area (Å²) < 4.78 is 39.3. The lowest BCUT2D eigenvalue weighted by Gasteiger charge is -2.10. The molecule has 14 heavy (non-hydrogen) atoms. The van der Waals surface area contributed by atoms with Gasteiger partial charge < -0.3 is 4.74 Å². The third-order valence-corrected chi connectivity index (χ3v) is 1.94. The molecule has 0 spiro atoms. The summed E-state index contributed by atoms with van der Waals surface area (Å²) in [5.74, 6) is 1.98. The van der Waals surface area contributed by atoms with E-state index in [9.17, 15) is 13.2 Å². The molecule has 0 saturated heterocycles. The van der Waals surface area contributed by atoms with E-state index in [1.807, 2.05) is 0 Å². The number of halogens is 4. The highest BCUT2D eigenvalue weighted by atomic mass is 79.9. The van der Waals surface area contributed by atoms with Crippen molar-refractivity contribution in [3.63, 3.8) is 0 Å². The van der Waals surface area contributed by atoms with Crippen LogP contribution >= 0.6 is 15.9 Å². The molecule has 0 aliphatic heterocycles. The Morgan fingerprint density at radius 3 is 2.43 bits per heavy atom. The average Bonchev–Trinajstić information content (AvgIpc) is 2.06. The number of benzene rings is 1. The second-order valence-corrected chi connectivity index (χ2v) is 3.19. The highest BCUT2D eigenvalue weighted by Gasteiger charge is 2.31. The molecule has 0 aromatic heterocycles. The van der Waals surface area contributed by atoms with Crippen molar-refractivity contribution in [1.82, 2.24) is 0 Å². The topological polar surface area (TPSA) is 9.23 Å². The summed E-state index contributed by atoms with van der Waals surface area (Å²) in [4.78, 5) is 0. The van der Waals surface area contributed by atoms with Gasteiger partial charge in [0.2, 0.25) is 0 Å². The second-order valence-electron chi connectivity index (χ2n) is 2.34. The van der Waals surface area contributed by atoms with E-state index >= 15 is 0 Å². The van der Waals surface area contributed by atoms with Gasteiger partial charge in [0.25, 0.3) is 0 Å². The van der Waals surface area contributed by atoms with Crippen LogP contribution in [0.5, 0.6) is 5.75 Å². The van der Waals surface area contributed by atoms with Gasteiger partial charge in [-0.05, 0) is 34.1 Å². The van der Waals surface area contributed by atoms with Crippen molar-refractivity contribution in [2.75, 3.05) is 0 Å². The molecule has 0 bridgehead atoms. The zero-order chi connectivity index (χ0) is 10.8. The van der Waals surface area contributed by atoms with Crippen LogP contribution in [0.15, 0.2) is 22.7 Å². The Morgan fingerprint density at radius 2 is 2.00 bits per heavy atom. The molecule has 0 N–H and O–H groups in total. The van der Waals surface area contributed by atoms with Crippen LogP contribution in [0.2, 0.25) is 0 Å². The first-order valence-electron chi connectivity index (χ1n) is 3.44. The van der Waals surface area contributed by atoms with Gasteiger partial charge in [-0.1, -0.05) is 5.92 Å². The Labute approximate surface area is 87.0 Å². The number of alkyl halides is 3. The minimum atomic E-state index is -4.69. The first-order valence-corrected chi connectivity index (χ1v) is 4.23. The van der Waals surface area contributed by atoms with Gasteiger partial charge in [0, 0.05) is 5.56 Å². The summed E-state index contributed by atoms with van der Waals surface area (Å²) in [6, 6.07) is 3.90. The third-order valence-electron chi connectivity index (χ3n) is 1.32. The Kier molecular flexibility index (Phi) is 3.06. The molecule has 0 fully saturated rings. The monoisotopic (exact) mass is 264 g/mol. The Balaban J connectivity index is 2.97. The molecule has 0 aliphatic rings. The van der Waals surface area contributed by atoms with Crippen LogP contribution in [0.1, 0.15) is 5.56 Å². The molecule has 0 atom stereocenters. The minimum Gasteiger partial charge on any atom is -0.405 e. The summed E-state index contributed by atoms with van der Waals surface area (Å²) in [7, 11) is 0. The fraction of sp³-hybridized carbons (Fsp3) is 0.111. The minimum absolute atomic E-state index is 0.172. The van der Waals surface area contributed by atoms with Crippen LogP contribution in [0.4, 0.5) is 13.2 Å². The molecule has 74 valence electrons. The van der Waals surface area contributed by atoms with Gasteiger partial charge >= 0.3 is 6.36 Å². The fourth-order valence-electron chi connectivity index (χ4n) is 0.798. The van der Waals surface area contributed by atoms with Gasteiger partial charge in [-0.2, -0.15) is 0 Å². The molecule has 0 saturated carbocycles. The number of hydrogen-bond acceptors (Lipinski definition) is 1. The average molecular weight is 265 g/mol. The molecule has 0 aliphatic carbocycles. The van der Waals surface area contributed by atoms with E-state index in [0.717, 1.165) is 6.07 Å². The normalized spacial score (nSPS) is 10.8. The molecule has 1 rings (SSSR count). The lowest BCUT2D eigenvalue weighted by Crippen LogP contribution is -2.17. The zero-order valence-electron chi connectivity index (χ0n) is 6.73. The van der Waals surface area contributed by atoms with E-state index in [1.54, 1.807) is 0 Å². The standard InChI is InChI=1S/C9H4BrF3O/c1-2-6-3-4-8(7(10)5-6)14-9(11,12)13/h1,3-5H. The number of hydrogen-bond donors (Lipinski definition) is 0. The van der Waals surface area contributed by atoms with Crippen molar-refractivity contribution in [3.8, 4) is 18.1 Å². The van der Waals surface area contributed by atoms with Crippen molar-refractivity contribution < 1.29 is 17.9 Å². The smallest absolute Gasteiger partial charge is 0.405 e. The van der Waals surface area contributed by atoms with Crippen molar-refractivity contribution >= 4 is 15.9 Å². The Bertz CT molecular complexity index is 379. The largest absolute Gasteiger partial charge is 0.573 e. The van der Waals surface area contributed by atoms with E-state index < -0.39 is 6.36 Å². The quantitative estimate of drug-likeness (QED) is 0.707. The van der Waals surface area contributed by atoms with Gasteiger partial charge in [0.15, 0.2) is 0 Å². The molecule has 1 aromatic carbocycles. The maximum atomic E-state index is 11.8. The molecular weight excluding hydrogens is 261 g/mol. The summed E-state index contributed by atoms with van der Waals surface area (Å²) in [5, 5.41) is 0. The highest BCUT2D eigenvalue weighted by Crippen LogP contribution is 2.30. The van der Waals surface area contributed by atoms with E-state index in [1.165, 1.54) is 12.1 Å². The van der Waals surface area contributed by atoms with Gasteiger partial charge in [-0.3, -0.25) is 0 Å². The number of rotatable bonds is 1. The van der Waals surface area contributed by atoms with E-state index in [-0.39, 0.29) is 10.2 Å². The van der Waals surface area contributed by atoms with Crippen molar-refractivity contribution in [2.45, 2.75) is 6.36 Å². The predicted octanol–water partition coefficient (Wildman–Crippen LogP) is 3.33. The third kappa shape index (κ3) is 2.96. The number of ether oxygens (including phenoxy) is 1. The fourth-order valence-corrected chi connectivity index (χ4v) is 1.26. The first-order chi connectivity index (χ1) is 6.42. The molecule has 5 heteroatoms. The molecule has 1 aromatic rings. The lowest BCUT2D eigenvalue weighted by molar-refractivity contribution is -0.274. The van der Waals surface area contributed by atoms with Crippen LogP contribution in [0, 0.1) is 12.3 Å². The van der Waals surface area contributed by atoms with E-state index in [0.29, 0.717) is 5.56 Å². The van der Waals surface area contributed by atoms with Crippen LogP contribution < -0.4 is 4.74 Å². The molecule has 0 amide bonds. The zero-order valence-corrected chi connectivity index (χ0v) is 8.32. The van der Waals surface area contributed by atoms with Crippen molar-refractivity contribution in [2.24, 2.45) is 0 Å². The van der Waals surface area contributed by atoms with Gasteiger partial charge in [-0.15, -0.1) is 19.6 Å². The van der Waals surface area contributed by atoms with Gasteiger partial charge in [-0.25, -0.2) is 0 Å². The maximum Gasteiger partial charge on any atom is 0.573 e. The molecular formula is C9H4BrF3O. The molecule has 0 unspecified atom stereocenters. The van der Waals surface area contributed by atoms with Crippen LogP contribution in [-0.2, 0) is 0 Å². The van der Waals surface area contributed by atoms with Crippen LogP contribution in [0.25, 0.3) is 0 Å². The maximum absolute atomic E-state index is 11.8. The van der Waals surface area contributed by atoms with Crippen LogP contribution in [-0.4, -0.2) is 6.36 Å². The van der Waals surface area contributed by atoms with E-state index in [4.69, 9.17) is 6.42 Å². The predicted molar refractivity (Wildman–Crippen MR) is 48.8 cm³/mol. The number of terminal acetylenes is 1. The molecule has 0 heterocycles. The van der Waals surface area contributed by atoms with Crippen LogP contribution in [0.3, 0.4) is 0 Å². The van der Waals surface area contributed by atoms with Gasteiger partial charge in [0.05, 0.1) is 4.47 Å². The lowest BCUT2D eigenvalue weighted by atomic mass is 10.2. The Morgan fingerprint density at radius 1 is 1.36 bits per heavy atom. The van der Waals surface area contributed by atoms with Crippen molar-refractivity contribution in [1.29, 1.82) is 0 Å². The SMILES string of the molecule is C#Cc1ccc(OC(F)(F)F)c(Br)c1. The van der Waals surface area contributed by atoms with Crippen molar-refractivity contribution in [3.05, 3.63) is 28.2 Å². The Hall–Kier alpha value is -1.15. The summed E-state index contributed by atoms with van der Waals surface area (Å²) in [5.41, 5.74) is 0.478. The molecule has 0 radical (unpaired) electrons. The second kappa shape index (κ2) is 3.93. The highest BCUT2D eigenvalue weighted by molar-refractivity contribution is 9.10. The summed E-state index contributed by atoms with van der Waals surface area (Å²) in [6.45, 7) is 0. The summed E-state index contributed by atoms with van der Waals surface area (Å²) in [6.07, 6.45) is 0.368.